The van der Waals surface area contributed by atoms with Crippen molar-refractivity contribution in [2.24, 2.45) is 28.6 Å². The molecule has 1 aromatic carbocycles. The van der Waals surface area contributed by atoms with E-state index in [9.17, 15) is 14.4 Å². The third-order valence-corrected chi connectivity index (χ3v) is 11.7. The lowest BCUT2D eigenvalue weighted by Crippen LogP contribution is -2.50. The van der Waals surface area contributed by atoms with Gasteiger partial charge in [-0.25, -0.2) is 14.4 Å². The van der Waals surface area contributed by atoms with Crippen molar-refractivity contribution in [3.8, 4) is 0 Å². The zero-order valence-electron chi connectivity index (χ0n) is 30.1. The summed E-state index contributed by atoms with van der Waals surface area (Å²) in [6.45, 7) is 9.85. The first kappa shape index (κ1) is 35.7. The van der Waals surface area contributed by atoms with Crippen LogP contribution in [0.4, 0.5) is 9.59 Å². The number of aromatic nitrogens is 1. The zero-order chi connectivity index (χ0) is 35.5. The average Bonchev–Trinajstić information content (AvgIpc) is 3.44. The van der Waals surface area contributed by atoms with Crippen LogP contribution in [-0.4, -0.2) is 54.2 Å². The van der Waals surface area contributed by atoms with Crippen LogP contribution in [-0.2, 0) is 30.2 Å². The minimum atomic E-state index is -0.967. The van der Waals surface area contributed by atoms with Crippen LogP contribution in [0.3, 0.4) is 0 Å². The van der Waals surface area contributed by atoms with Crippen molar-refractivity contribution >= 4 is 23.8 Å². The minimum absolute atomic E-state index is 0.114. The Bertz CT molecular complexity index is 1600. The molecule has 7 atom stereocenters. The first-order chi connectivity index (χ1) is 23.9. The van der Waals surface area contributed by atoms with Crippen LogP contribution < -0.4 is 5.32 Å². The molecule has 4 aliphatic carbocycles. The summed E-state index contributed by atoms with van der Waals surface area (Å²) in [6.07, 6.45) is 14.4. The molecule has 1 heterocycles. The Kier molecular flexibility index (Phi) is 10.4. The van der Waals surface area contributed by atoms with Crippen LogP contribution in [0.1, 0.15) is 90.7 Å². The maximum absolute atomic E-state index is 13.0. The van der Waals surface area contributed by atoms with E-state index in [1.54, 1.807) is 20.8 Å². The molecule has 1 aromatic heterocycles. The van der Waals surface area contributed by atoms with Crippen molar-refractivity contribution in [2.45, 2.75) is 104 Å². The number of fused-ring (bicyclic) bond motifs is 5. The van der Waals surface area contributed by atoms with Crippen molar-refractivity contribution in [1.29, 1.82) is 0 Å². The van der Waals surface area contributed by atoms with E-state index in [-0.39, 0.29) is 36.6 Å². The highest BCUT2D eigenvalue weighted by molar-refractivity contribution is 5.81. The van der Waals surface area contributed by atoms with Crippen molar-refractivity contribution in [3.05, 3.63) is 83.7 Å². The number of rotatable bonds is 9. The van der Waals surface area contributed by atoms with Gasteiger partial charge in [-0.2, -0.15) is 0 Å². The fraction of sp³-hybridized carbons (Fsp3) is 0.561. The molecule has 2 aromatic rings. The second-order valence-electron chi connectivity index (χ2n) is 15.9. The first-order valence-corrected chi connectivity index (χ1v) is 18.2. The predicted octanol–water partition coefficient (Wildman–Crippen LogP) is 8.24. The summed E-state index contributed by atoms with van der Waals surface area (Å²) in [4.78, 5) is 42.5. The normalized spacial score (nSPS) is 29.1. The van der Waals surface area contributed by atoms with Gasteiger partial charge in [-0.15, -0.1) is 0 Å². The molecule has 2 saturated carbocycles. The first-order valence-electron chi connectivity index (χ1n) is 18.2. The van der Waals surface area contributed by atoms with Gasteiger partial charge in [0.15, 0.2) is 0 Å². The minimum Gasteiger partial charge on any atom is -0.461 e. The molecule has 0 aliphatic heterocycles. The second-order valence-corrected chi connectivity index (χ2v) is 15.9. The molecular formula is C41H52N2O7. The van der Waals surface area contributed by atoms with Gasteiger partial charge < -0.3 is 24.3 Å². The highest BCUT2D eigenvalue weighted by Gasteiger charge is 2.57. The van der Waals surface area contributed by atoms with E-state index in [1.165, 1.54) is 29.6 Å². The number of alkyl carbamates (subject to hydrolysis) is 1. The summed E-state index contributed by atoms with van der Waals surface area (Å²) in [5, 5.41) is 2.61. The van der Waals surface area contributed by atoms with E-state index in [1.807, 2.05) is 48.8 Å². The van der Waals surface area contributed by atoms with E-state index < -0.39 is 29.9 Å². The Hall–Kier alpha value is -4.14. The average molecular weight is 685 g/mol. The summed E-state index contributed by atoms with van der Waals surface area (Å²) in [5.74, 6) is 1.26. The smallest absolute Gasteiger partial charge is 0.461 e. The van der Waals surface area contributed by atoms with Crippen molar-refractivity contribution in [1.82, 2.24) is 10.3 Å². The summed E-state index contributed by atoms with van der Waals surface area (Å²) < 4.78 is 21.8. The third-order valence-electron chi connectivity index (χ3n) is 11.7. The van der Waals surface area contributed by atoms with Crippen LogP contribution in [0.15, 0.2) is 72.6 Å². The molecule has 0 radical (unpaired) electrons. The van der Waals surface area contributed by atoms with Gasteiger partial charge in [0.25, 0.3) is 0 Å². The van der Waals surface area contributed by atoms with E-state index in [2.05, 4.69) is 42.4 Å². The second kappa shape index (κ2) is 14.6. The van der Waals surface area contributed by atoms with Crippen LogP contribution >= 0.6 is 0 Å². The molecule has 1 N–H and O–H groups in total. The highest BCUT2D eigenvalue weighted by atomic mass is 16.7. The maximum atomic E-state index is 13.0. The highest BCUT2D eigenvalue weighted by Crippen LogP contribution is 2.66. The Morgan fingerprint density at radius 3 is 2.42 bits per heavy atom. The number of nitrogens with zero attached hydrogens (tertiary/aromatic N) is 1. The molecule has 50 heavy (non-hydrogen) atoms. The molecule has 2 fully saturated rings. The van der Waals surface area contributed by atoms with Crippen LogP contribution in [0.2, 0.25) is 0 Å². The number of carbonyl (C=O) groups excluding carboxylic acids is 3. The lowest BCUT2D eigenvalue weighted by atomic mass is 9.47. The topological polar surface area (TPSA) is 113 Å². The summed E-state index contributed by atoms with van der Waals surface area (Å²) in [6, 6.07) is 12.6. The number of amides is 1. The van der Waals surface area contributed by atoms with Gasteiger partial charge in [0.2, 0.25) is 0 Å². The van der Waals surface area contributed by atoms with E-state index >= 15 is 0 Å². The number of pyridine rings is 1. The van der Waals surface area contributed by atoms with Gasteiger partial charge >= 0.3 is 18.2 Å². The Labute approximate surface area is 296 Å². The number of nitrogens with one attached hydrogen (secondary N) is 1. The Morgan fingerprint density at radius 2 is 1.68 bits per heavy atom. The Morgan fingerprint density at radius 1 is 0.920 bits per heavy atom. The number of allylic oxidation sites excluding steroid dienone is 3. The molecule has 9 nitrogen and oxygen atoms in total. The molecular weight excluding hydrogens is 632 g/mol. The summed E-state index contributed by atoms with van der Waals surface area (Å²) in [7, 11) is 0. The van der Waals surface area contributed by atoms with Crippen molar-refractivity contribution in [2.75, 3.05) is 13.2 Å². The molecule has 0 spiro atoms. The predicted molar refractivity (Wildman–Crippen MR) is 190 cm³/mol. The molecule has 268 valence electrons. The number of benzene rings is 1. The third kappa shape index (κ3) is 7.77. The zero-order valence-corrected chi connectivity index (χ0v) is 30.1. The van der Waals surface area contributed by atoms with E-state index in [4.69, 9.17) is 18.9 Å². The molecule has 6 rings (SSSR count). The monoisotopic (exact) mass is 684 g/mol. The molecule has 0 saturated heterocycles. The van der Waals surface area contributed by atoms with E-state index in [0.29, 0.717) is 17.8 Å². The lowest BCUT2D eigenvalue weighted by molar-refractivity contribution is -0.147. The van der Waals surface area contributed by atoms with Gasteiger partial charge in [-0.3, -0.25) is 4.98 Å². The molecule has 4 aliphatic rings. The molecule has 1 amide bonds. The molecule has 0 unspecified atom stereocenters. The van der Waals surface area contributed by atoms with Gasteiger partial charge in [-0.1, -0.05) is 68.0 Å². The van der Waals surface area contributed by atoms with Gasteiger partial charge in [0.05, 0.1) is 0 Å². The quantitative estimate of drug-likeness (QED) is 0.122. The van der Waals surface area contributed by atoms with Crippen LogP contribution in [0, 0.1) is 28.6 Å². The van der Waals surface area contributed by atoms with Crippen LogP contribution in [0.25, 0.3) is 5.57 Å². The fourth-order valence-electron chi connectivity index (χ4n) is 9.30. The summed E-state index contributed by atoms with van der Waals surface area (Å²) in [5.41, 5.74) is 4.59. The molecule has 0 bridgehead atoms. The number of esters is 1. The van der Waals surface area contributed by atoms with Crippen molar-refractivity contribution in [3.63, 3.8) is 0 Å². The number of hydrogen-bond acceptors (Lipinski definition) is 8. The SMILES string of the molecule is CC(C)(C)OC(=O)N[C@@H](Cc1ccccc1)C(=O)OCCOC(=O)O[C@H]1CC[C@@]2(C)C(=CC[C@@H]3[C@@H]2CC[C@]2(C)C(c4cccnc4)=CC[C@@H]32)C1. The number of ether oxygens (including phenoxy) is 4. The standard InChI is InChI=1S/C41H52N2O7/c1-39(2,3)50-37(45)43-35(24-27-10-7-6-8-11-27)36(44)47-22-23-48-38(46)49-30-17-19-40(4)29(25-30)13-14-31-33-16-15-32(28-12-9-21-42-26-28)41(33,5)20-18-34(31)40/h6-13,15,21,26,30-31,33-35H,14,16-20,22-25H2,1-5H3,(H,43,45)/t30-,31-,33-,34-,35-,40-,41+/m0/s1. The number of carbonyl (C=O) groups is 3. The lowest BCUT2D eigenvalue weighted by Gasteiger charge is -2.57. The van der Waals surface area contributed by atoms with Gasteiger partial charge in [0.1, 0.15) is 31.0 Å². The largest absolute Gasteiger partial charge is 0.508 e. The fourth-order valence-corrected chi connectivity index (χ4v) is 9.30. The van der Waals surface area contributed by atoms with E-state index in [0.717, 1.165) is 37.7 Å². The summed E-state index contributed by atoms with van der Waals surface area (Å²) >= 11 is 0. The maximum Gasteiger partial charge on any atom is 0.508 e. The van der Waals surface area contributed by atoms with Gasteiger partial charge in [0, 0.05) is 25.2 Å². The van der Waals surface area contributed by atoms with Crippen molar-refractivity contribution < 1.29 is 33.3 Å². The molecule has 9 heteroatoms. The Balaban J connectivity index is 0.980. The van der Waals surface area contributed by atoms with Gasteiger partial charge in [-0.05, 0) is 111 Å². The number of hydrogen-bond donors (Lipinski definition) is 1. The van der Waals surface area contributed by atoms with Crippen LogP contribution in [0.5, 0.6) is 0 Å².